The first-order valence-corrected chi connectivity index (χ1v) is 6.18. The van der Waals surface area contributed by atoms with Crippen molar-refractivity contribution in [2.45, 2.75) is 39.0 Å². The van der Waals surface area contributed by atoms with Gasteiger partial charge in [-0.1, -0.05) is 6.92 Å². The maximum Gasteiger partial charge on any atom is 0.421 e. The van der Waals surface area contributed by atoms with Gasteiger partial charge in [0.15, 0.2) is 5.60 Å². The average molecular weight is 289 g/mol. The highest BCUT2D eigenvalue weighted by molar-refractivity contribution is 5.65. The zero-order valence-corrected chi connectivity index (χ0v) is 11.9. The Hall–Kier alpha value is -1.56. The van der Waals surface area contributed by atoms with E-state index in [2.05, 4.69) is 4.99 Å². The van der Waals surface area contributed by atoms with Crippen LogP contribution in [0.2, 0.25) is 0 Å². The minimum Gasteiger partial charge on any atom is -0.496 e. The van der Waals surface area contributed by atoms with Crippen molar-refractivity contribution in [2.75, 3.05) is 7.11 Å². The third-order valence-electron chi connectivity index (χ3n) is 3.21. The summed E-state index contributed by atoms with van der Waals surface area (Å²) in [5.74, 6) is -0.0297. The molecule has 0 fully saturated rings. The SMILES string of the molecule is CC=Nc1cc(OC)c(C(O)(CC)C(F)(F)F)cc1C. The summed E-state index contributed by atoms with van der Waals surface area (Å²) in [5, 5.41) is 10.0. The molecule has 0 spiro atoms. The molecule has 1 rings (SSSR count). The van der Waals surface area contributed by atoms with Gasteiger partial charge in [0.1, 0.15) is 5.75 Å². The van der Waals surface area contributed by atoms with Crippen molar-refractivity contribution in [1.29, 1.82) is 0 Å². The van der Waals surface area contributed by atoms with Crippen molar-refractivity contribution < 1.29 is 23.0 Å². The lowest BCUT2D eigenvalue weighted by molar-refractivity contribution is -0.268. The Balaban J connectivity index is 3.56. The fourth-order valence-corrected chi connectivity index (χ4v) is 1.99. The number of rotatable bonds is 4. The number of methoxy groups -OCH3 is 1. The molecule has 1 aromatic carbocycles. The van der Waals surface area contributed by atoms with Gasteiger partial charge in [-0.2, -0.15) is 13.2 Å². The molecular weight excluding hydrogens is 271 g/mol. The second kappa shape index (κ2) is 5.83. The van der Waals surface area contributed by atoms with E-state index in [9.17, 15) is 18.3 Å². The minimum absolute atomic E-state index is 0.0297. The highest BCUT2D eigenvalue weighted by Crippen LogP contribution is 2.46. The maximum absolute atomic E-state index is 13.2. The summed E-state index contributed by atoms with van der Waals surface area (Å²) in [4.78, 5) is 4.06. The second-order valence-electron chi connectivity index (χ2n) is 4.44. The van der Waals surface area contributed by atoms with Crippen LogP contribution in [0.1, 0.15) is 31.4 Å². The third-order valence-corrected chi connectivity index (χ3v) is 3.21. The number of alkyl halides is 3. The van der Waals surface area contributed by atoms with Crippen LogP contribution in [0.4, 0.5) is 18.9 Å². The van der Waals surface area contributed by atoms with Gasteiger partial charge in [0.05, 0.1) is 12.8 Å². The minimum atomic E-state index is -4.78. The number of nitrogens with zero attached hydrogens (tertiary/aromatic N) is 1. The van der Waals surface area contributed by atoms with E-state index in [1.807, 2.05) is 0 Å². The molecule has 3 nitrogen and oxygen atoms in total. The van der Waals surface area contributed by atoms with Crippen molar-refractivity contribution in [3.8, 4) is 5.75 Å². The van der Waals surface area contributed by atoms with E-state index in [0.717, 1.165) is 0 Å². The number of halogens is 3. The number of ether oxygens (including phenoxy) is 1. The fourth-order valence-electron chi connectivity index (χ4n) is 1.99. The first kappa shape index (κ1) is 16.5. The summed E-state index contributed by atoms with van der Waals surface area (Å²) in [6.45, 7) is 4.62. The Bertz CT molecular complexity index is 512. The summed E-state index contributed by atoms with van der Waals surface area (Å²) in [5.41, 5.74) is -2.18. The molecule has 0 aliphatic carbocycles. The van der Waals surface area contributed by atoms with E-state index in [4.69, 9.17) is 4.74 Å². The van der Waals surface area contributed by atoms with Crippen molar-refractivity contribution in [1.82, 2.24) is 0 Å². The number of hydrogen-bond donors (Lipinski definition) is 1. The molecule has 0 aliphatic rings. The summed E-state index contributed by atoms with van der Waals surface area (Å²) < 4.78 is 44.5. The van der Waals surface area contributed by atoms with Crippen molar-refractivity contribution in [3.63, 3.8) is 0 Å². The molecule has 1 N–H and O–H groups in total. The van der Waals surface area contributed by atoms with Crippen LogP contribution in [-0.4, -0.2) is 24.6 Å². The molecule has 0 saturated heterocycles. The van der Waals surface area contributed by atoms with Crippen molar-refractivity contribution in [2.24, 2.45) is 4.99 Å². The Labute approximate surface area is 116 Å². The fraction of sp³-hybridized carbons (Fsp3) is 0.500. The molecule has 1 atom stereocenters. The quantitative estimate of drug-likeness (QED) is 0.854. The van der Waals surface area contributed by atoms with Crippen LogP contribution >= 0.6 is 0 Å². The normalized spacial score (nSPS) is 15.4. The number of aryl methyl sites for hydroxylation is 1. The Morgan fingerprint density at radius 2 is 1.95 bits per heavy atom. The van der Waals surface area contributed by atoms with Crippen LogP contribution in [-0.2, 0) is 5.60 Å². The van der Waals surface area contributed by atoms with E-state index >= 15 is 0 Å². The molecule has 0 bridgehead atoms. The largest absolute Gasteiger partial charge is 0.496 e. The van der Waals surface area contributed by atoms with Crippen LogP contribution in [0.5, 0.6) is 5.75 Å². The molecule has 0 aromatic heterocycles. The van der Waals surface area contributed by atoms with E-state index < -0.39 is 18.2 Å². The molecule has 112 valence electrons. The summed E-state index contributed by atoms with van der Waals surface area (Å²) in [7, 11) is 1.26. The molecule has 0 amide bonds. The van der Waals surface area contributed by atoms with Gasteiger partial charge in [-0.05, 0) is 31.9 Å². The summed E-state index contributed by atoms with van der Waals surface area (Å²) in [6, 6.07) is 2.68. The van der Waals surface area contributed by atoms with Gasteiger partial charge in [-0.25, -0.2) is 0 Å². The molecule has 0 radical (unpaired) electrons. The smallest absolute Gasteiger partial charge is 0.421 e. The summed E-state index contributed by atoms with van der Waals surface area (Å²) in [6.07, 6.45) is -3.74. The third kappa shape index (κ3) is 2.80. The lowest BCUT2D eigenvalue weighted by Crippen LogP contribution is -2.42. The van der Waals surface area contributed by atoms with Crippen molar-refractivity contribution in [3.05, 3.63) is 23.3 Å². The average Bonchev–Trinajstić information content (AvgIpc) is 2.38. The van der Waals surface area contributed by atoms with Gasteiger partial charge in [0.2, 0.25) is 0 Å². The lowest BCUT2D eigenvalue weighted by Gasteiger charge is -2.31. The molecule has 0 saturated carbocycles. The number of benzene rings is 1. The van der Waals surface area contributed by atoms with Gasteiger partial charge in [-0.3, -0.25) is 4.99 Å². The standard InChI is InChI=1S/C14H18F3NO2/c1-5-13(19,14(15,16)17)10-7-9(3)11(18-6-2)8-12(10)20-4/h6-8,19H,5H2,1-4H3. The number of aliphatic hydroxyl groups is 1. The van der Waals surface area contributed by atoms with Gasteiger partial charge in [-0.15, -0.1) is 0 Å². The highest BCUT2D eigenvalue weighted by Gasteiger charge is 2.55. The molecule has 1 aromatic rings. The molecule has 20 heavy (non-hydrogen) atoms. The maximum atomic E-state index is 13.2. The van der Waals surface area contributed by atoms with E-state index in [0.29, 0.717) is 11.3 Å². The van der Waals surface area contributed by atoms with Crippen molar-refractivity contribution >= 4 is 11.9 Å². The lowest BCUT2D eigenvalue weighted by atomic mass is 9.88. The molecular formula is C14H18F3NO2. The first-order chi connectivity index (χ1) is 9.21. The van der Waals surface area contributed by atoms with Crippen LogP contribution in [0, 0.1) is 6.92 Å². The van der Waals surface area contributed by atoms with Crippen LogP contribution in [0.25, 0.3) is 0 Å². The molecule has 0 heterocycles. The number of hydrogen-bond acceptors (Lipinski definition) is 3. The zero-order chi connectivity index (χ0) is 15.6. The van der Waals surface area contributed by atoms with E-state index in [1.54, 1.807) is 13.8 Å². The van der Waals surface area contributed by atoms with Crippen LogP contribution in [0.15, 0.2) is 17.1 Å². The Morgan fingerprint density at radius 3 is 2.35 bits per heavy atom. The van der Waals surface area contributed by atoms with Gasteiger partial charge in [0, 0.05) is 17.8 Å². The molecule has 0 aliphatic heterocycles. The van der Waals surface area contributed by atoms with E-state index in [1.165, 1.54) is 32.4 Å². The Morgan fingerprint density at radius 1 is 1.35 bits per heavy atom. The monoisotopic (exact) mass is 289 g/mol. The van der Waals surface area contributed by atoms with Gasteiger partial charge >= 0.3 is 6.18 Å². The predicted molar refractivity (Wildman–Crippen MR) is 71.8 cm³/mol. The molecule has 6 heteroatoms. The topological polar surface area (TPSA) is 41.8 Å². The van der Waals surface area contributed by atoms with Gasteiger partial charge in [0.25, 0.3) is 0 Å². The van der Waals surface area contributed by atoms with Crippen LogP contribution < -0.4 is 4.74 Å². The highest BCUT2D eigenvalue weighted by atomic mass is 19.4. The second-order valence-corrected chi connectivity index (χ2v) is 4.44. The predicted octanol–water partition coefficient (Wildman–Crippen LogP) is 3.89. The van der Waals surface area contributed by atoms with Gasteiger partial charge < -0.3 is 9.84 Å². The summed E-state index contributed by atoms with van der Waals surface area (Å²) >= 11 is 0. The zero-order valence-electron chi connectivity index (χ0n) is 11.9. The van der Waals surface area contributed by atoms with E-state index in [-0.39, 0.29) is 11.3 Å². The molecule has 1 unspecified atom stereocenters. The van der Waals surface area contributed by atoms with Crippen LogP contribution in [0.3, 0.4) is 0 Å². The Kier molecular flexibility index (Phi) is 4.81. The number of aliphatic imine (C=N–C) groups is 1. The first-order valence-electron chi connectivity index (χ1n) is 6.18.